The van der Waals surface area contributed by atoms with Crippen LogP contribution in [0.15, 0.2) is 23.1 Å². The maximum absolute atomic E-state index is 13.1. The van der Waals surface area contributed by atoms with Crippen molar-refractivity contribution in [2.75, 3.05) is 39.6 Å². The van der Waals surface area contributed by atoms with Crippen molar-refractivity contribution in [1.29, 1.82) is 0 Å². The third-order valence-electron chi connectivity index (χ3n) is 5.24. The van der Waals surface area contributed by atoms with Gasteiger partial charge in [0.25, 0.3) is 5.91 Å². The Bertz CT molecular complexity index is 1020. The van der Waals surface area contributed by atoms with E-state index < -0.39 is 0 Å². The summed E-state index contributed by atoms with van der Waals surface area (Å²) in [6, 6.07) is 3.41. The summed E-state index contributed by atoms with van der Waals surface area (Å²) in [6.45, 7) is 6.16. The Morgan fingerprint density at radius 2 is 1.69 bits per heavy atom. The van der Waals surface area contributed by atoms with Crippen LogP contribution in [0.25, 0.3) is 10.9 Å². The van der Waals surface area contributed by atoms with Crippen molar-refractivity contribution in [1.82, 2.24) is 14.4 Å². The number of fused-ring (bicyclic) bond motifs is 2. The van der Waals surface area contributed by atoms with Crippen molar-refractivity contribution >= 4 is 22.9 Å². The van der Waals surface area contributed by atoms with E-state index in [1.54, 1.807) is 35.1 Å². The van der Waals surface area contributed by atoms with E-state index in [4.69, 9.17) is 14.2 Å². The minimum Gasteiger partial charge on any atom is -0.454 e. The van der Waals surface area contributed by atoms with Crippen LogP contribution in [0.4, 0.5) is 4.79 Å². The fourth-order valence-electron chi connectivity index (χ4n) is 3.67. The summed E-state index contributed by atoms with van der Waals surface area (Å²) < 4.78 is 17.7. The Kier molecular flexibility index (Phi) is 5.04. The zero-order chi connectivity index (χ0) is 20.5. The van der Waals surface area contributed by atoms with Crippen LogP contribution in [0, 0.1) is 0 Å². The smallest absolute Gasteiger partial charge is 0.409 e. The van der Waals surface area contributed by atoms with E-state index in [0.717, 1.165) is 0 Å². The summed E-state index contributed by atoms with van der Waals surface area (Å²) in [7, 11) is 0. The number of piperazine rings is 1. The van der Waals surface area contributed by atoms with Crippen molar-refractivity contribution < 1.29 is 23.8 Å². The number of aromatic nitrogens is 1. The third kappa shape index (κ3) is 3.37. The molecule has 0 unspecified atom stereocenters. The lowest BCUT2D eigenvalue weighted by Crippen LogP contribution is -2.51. The molecule has 0 radical (unpaired) electrons. The molecule has 2 aliphatic rings. The molecule has 1 saturated heterocycles. The first-order chi connectivity index (χ1) is 14.0. The molecule has 0 spiro atoms. The monoisotopic (exact) mass is 401 g/mol. The predicted molar refractivity (Wildman–Crippen MR) is 105 cm³/mol. The minimum atomic E-state index is -0.380. The standard InChI is InChI=1S/C20H23N3O6/c1-3-21-11-14(18(24)13-9-16-17(10-15(13)21)29-12-28-16)19(25)22-5-7-23(8-6-22)20(26)27-4-2/h9-11H,3-8,12H2,1-2H3. The molecular weight excluding hydrogens is 378 g/mol. The Labute approximate surface area is 167 Å². The number of carbonyl (C=O) groups is 2. The highest BCUT2D eigenvalue weighted by atomic mass is 16.7. The van der Waals surface area contributed by atoms with Gasteiger partial charge in [-0.15, -0.1) is 0 Å². The van der Waals surface area contributed by atoms with Gasteiger partial charge in [0.15, 0.2) is 11.5 Å². The largest absolute Gasteiger partial charge is 0.454 e. The van der Waals surface area contributed by atoms with Crippen LogP contribution < -0.4 is 14.9 Å². The van der Waals surface area contributed by atoms with Gasteiger partial charge in [0.2, 0.25) is 12.2 Å². The summed E-state index contributed by atoms with van der Waals surface area (Å²) in [6.07, 6.45) is 1.22. The van der Waals surface area contributed by atoms with Crippen molar-refractivity contribution in [2.24, 2.45) is 0 Å². The van der Waals surface area contributed by atoms with E-state index in [-0.39, 0.29) is 29.8 Å². The van der Waals surface area contributed by atoms with Crippen LogP contribution >= 0.6 is 0 Å². The number of carbonyl (C=O) groups excluding carboxylic acids is 2. The number of pyridine rings is 1. The minimum absolute atomic E-state index is 0.114. The van der Waals surface area contributed by atoms with Gasteiger partial charge in [-0.1, -0.05) is 0 Å². The van der Waals surface area contributed by atoms with E-state index in [1.165, 1.54) is 0 Å². The molecule has 1 aromatic heterocycles. The van der Waals surface area contributed by atoms with Crippen molar-refractivity contribution in [3.8, 4) is 11.5 Å². The van der Waals surface area contributed by atoms with Crippen LogP contribution in [-0.4, -0.2) is 65.9 Å². The lowest BCUT2D eigenvalue weighted by molar-refractivity contribution is 0.0569. The Morgan fingerprint density at radius 3 is 2.34 bits per heavy atom. The quantitative estimate of drug-likeness (QED) is 0.777. The van der Waals surface area contributed by atoms with E-state index in [2.05, 4.69) is 0 Å². The van der Waals surface area contributed by atoms with Gasteiger partial charge in [-0.2, -0.15) is 0 Å². The average Bonchev–Trinajstić information content (AvgIpc) is 3.20. The van der Waals surface area contributed by atoms with Gasteiger partial charge >= 0.3 is 6.09 Å². The van der Waals surface area contributed by atoms with Crippen molar-refractivity contribution in [2.45, 2.75) is 20.4 Å². The lowest BCUT2D eigenvalue weighted by atomic mass is 10.1. The average molecular weight is 401 g/mol. The van der Waals surface area contributed by atoms with Gasteiger partial charge in [0, 0.05) is 45.0 Å². The molecule has 0 N–H and O–H groups in total. The molecule has 9 nitrogen and oxygen atoms in total. The highest BCUT2D eigenvalue weighted by Gasteiger charge is 2.28. The number of nitrogens with zero attached hydrogens (tertiary/aromatic N) is 3. The van der Waals surface area contributed by atoms with Crippen molar-refractivity contribution in [3.63, 3.8) is 0 Å². The topological polar surface area (TPSA) is 90.3 Å². The first-order valence-electron chi connectivity index (χ1n) is 9.71. The molecule has 0 saturated carbocycles. The highest BCUT2D eigenvalue weighted by Crippen LogP contribution is 2.35. The second kappa shape index (κ2) is 7.65. The molecule has 4 rings (SSSR count). The molecule has 2 amide bonds. The number of hydrogen-bond donors (Lipinski definition) is 0. The fourth-order valence-corrected chi connectivity index (χ4v) is 3.67. The Hall–Kier alpha value is -3.23. The SMILES string of the molecule is CCOC(=O)N1CCN(C(=O)c2cn(CC)c3cc4c(cc3c2=O)OCO4)CC1. The molecule has 2 aromatic rings. The summed E-state index contributed by atoms with van der Waals surface area (Å²) in [5.41, 5.74) is 0.481. The normalized spacial score (nSPS) is 15.7. The van der Waals surface area contributed by atoms with E-state index in [1.807, 2.05) is 11.5 Å². The number of ether oxygens (including phenoxy) is 3. The molecule has 2 aliphatic heterocycles. The van der Waals surface area contributed by atoms with Gasteiger partial charge in [-0.3, -0.25) is 9.59 Å². The molecule has 1 aromatic carbocycles. The Balaban J connectivity index is 1.63. The van der Waals surface area contributed by atoms with Gasteiger partial charge < -0.3 is 28.6 Å². The molecular formula is C20H23N3O6. The second-order valence-electron chi connectivity index (χ2n) is 6.86. The number of benzene rings is 1. The van der Waals surface area contributed by atoms with Gasteiger partial charge in [0.05, 0.1) is 17.5 Å². The number of hydrogen-bond acceptors (Lipinski definition) is 6. The first-order valence-corrected chi connectivity index (χ1v) is 9.71. The number of rotatable bonds is 3. The molecule has 0 bridgehead atoms. The van der Waals surface area contributed by atoms with Gasteiger partial charge in [-0.05, 0) is 19.9 Å². The third-order valence-corrected chi connectivity index (χ3v) is 5.24. The van der Waals surface area contributed by atoms with Crippen LogP contribution in [0.3, 0.4) is 0 Å². The summed E-state index contributed by atoms with van der Waals surface area (Å²) in [4.78, 5) is 41.2. The van der Waals surface area contributed by atoms with Crippen LogP contribution in [0.2, 0.25) is 0 Å². The molecule has 29 heavy (non-hydrogen) atoms. The van der Waals surface area contributed by atoms with Crippen molar-refractivity contribution in [3.05, 3.63) is 34.1 Å². The molecule has 154 valence electrons. The zero-order valence-electron chi connectivity index (χ0n) is 16.5. The zero-order valence-corrected chi connectivity index (χ0v) is 16.5. The Morgan fingerprint density at radius 1 is 1.03 bits per heavy atom. The maximum atomic E-state index is 13.1. The van der Waals surface area contributed by atoms with Crippen LogP contribution in [-0.2, 0) is 11.3 Å². The molecule has 0 aliphatic carbocycles. The maximum Gasteiger partial charge on any atom is 0.409 e. The summed E-state index contributed by atoms with van der Waals surface area (Å²) >= 11 is 0. The summed E-state index contributed by atoms with van der Waals surface area (Å²) in [5.74, 6) is 0.762. The van der Waals surface area contributed by atoms with Gasteiger partial charge in [-0.25, -0.2) is 4.79 Å². The van der Waals surface area contributed by atoms with E-state index in [0.29, 0.717) is 61.7 Å². The summed E-state index contributed by atoms with van der Waals surface area (Å²) in [5, 5.41) is 0.423. The van der Waals surface area contributed by atoms with E-state index >= 15 is 0 Å². The van der Waals surface area contributed by atoms with Crippen LogP contribution in [0.5, 0.6) is 11.5 Å². The highest BCUT2D eigenvalue weighted by molar-refractivity contribution is 5.98. The first kappa shape index (κ1) is 19.1. The molecule has 9 heteroatoms. The lowest BCUT2D eigenvalue weighted by Gasteiger charge is -2.34. The molecule has 0 atom stereocenters. The van der Waals surface area contributed by atoms with Gasteiger partial charge in [0.1, 0.15) is 5.56 Å². The second-order valence-corrected chi connectivity index (χ2v) is 6.86. The molecule has 1 fully saturated rings. The predicted octanol–water partition coefficient (Wildman–Crippen LogP) is 1.66. The fraction of sp³-hybridized carbons (Fsp3) is 0.450. The number of aryl methyl sites for hydroxylation is 1. The number of amides is 2. The van der Waals surface area contributed by atoms with E-state index in [9.17, 15) is 14.4 Å². The molecule has 3 heterocycles. The van der Waals surface area contributed by atoms with Crippen LogP contribution in [0.1, 0.15) is 24.2 Å².